The first-order chi connectivity index (χ1) is 10.1. The normalized spacial score (nSPS) is 21.4. The van der Waals surface area contributed by atoms with E-state index in [2.05, 4.69) is 52.1 Å². The van der Waals surface area contributed by atoms with E-state index in [0.717, 1.165) is 35.0 Å². The highest BCUT2D eigenvalue weighted by Crippen LogP contribution is 2.39. The number of fused-ring (bicyclic) bond motifs is 1. The Morgan fingerprint density at radius 1 is 1.38 bits per heavy atom. The SMILES string of the molecule is CC(C)N1CCC(CNCc2cc(Br)c3c(c2)OCO3)C1. The Morgan fingerprint density at radius 2 is 2.24 bits per heavy atom. The van der Waals surface area contributed by atoms with Crippen LogP contribution in [0.3, 0.4) is 0 Å². The number of rotatable bonds is 5. The Balaban J connectivity index is 1.49. The number of benzene rings is 1. The number of ether oxygens (including phenoxy) is 2. The van der Waals surface area contributed by atoms with Crippen molar-refractivity contribution >= 4 is 15.9 Å². The molecule has 0 aliphatic carbocycles. The van der Waals surface area contributed by atoms with Crippen LogP contribution in [0.4, 0.5) is 0 Å². The van der Waals surface area contributed by atoms with E-state index in [-0.39, 0.29) is 0 Å². The Hall–Kier alpha value is -0.780. The summed E-state index contributed by atoms with van der Waals surface area (Å²) in [5.41, 5.74) is 1.23. The highest BCUT2D eigenvalue weighted by Gasteiger charge is 2.23. The van der Waals surface area contributed by atoms with Crippen molar-refractivity contribution in [1.82, 2.24) is 10.2 Å². The lowest BCUT2D eigenvalue weighted by Crippen LogP contribution is -2.30. The zero-order valence-corrected chi connectivity index (χ0v) is 14.3. The van der Waals surface area contributed by atoms with E-state index >= 15 is 0 Å². The Bertz CT molecular complexity index is 507. The van der Waals surface area contributed by atoms with Gasteiger partial charge in [-0.25, -0.2) is 0 Å². The fourth-order valence-corrected chi connectivity index (χ4v) is 3.65. The van der Waals surface area contributed by atoms with Gasteiger partial charge in [0, 0.05) is 19.1 Å². The molecule has 3 rings (SSSR count). The van der Waals surface area contributed by atoms with Gasteiger partial charge in [0.15, 0.2) is 11.5 Å². The first-order valence-electron chi connectivity index (χ1n) is 7.66. The van der Waals surface area contributed by atoms with Crippen molar-refractivity contribution in [1.29, 1.82) is 0 Å². The van der Waals surface area contributed by atoms with E-state index in [9.17, 15) is 0 Å². The van der Waals surface area contributed by atoms with Crippen molar-refractivity contribution in [3.05, 3.63) is 22.2 Å². The molecule has 1 atom stereocenters. The van der Waals surface area contributed by atoms with Gasteiger partial charge < -0.3 is 19.7 Å². The first-order valence-corrected chi connectivity index (χ1v) is 8.45. The van der Waals surface area contributed by atoms with Gasteiger partial charge in [-0.1, -0.05) is 0 Å². The van der Waals surface area contributed by atoms with E-state index in [4.69, 9.17) is 9.47 Å². The van der Waals surface area contributed by atoms with Crippen LogP contribution in [0.5, 0.6) is 11.5 Å². The molecular formula is C16H23BrN2O2. The van der Waals surface area contributed by atoms with Crippen LogP contribution in [-0.4, -0.2) is 37.4 Å². The summed E-state index contributed by atoms with van der Waals surface area (Å²) in [6, 6.07) is 4.84. The predicted molar refractivity (Wildman–Crippen MR) is 86.8 cm³/mol. The fraction of sp³-hybridized carbons (Fsp3) is 0.625. The molecule has 1 saturated heterocycles. The monoisotopic (exact) mass is 354 g/mol. The zero-order chi connectivity index (χ0) is 14.8. The van der Waals surface area contributed by atoms with Gasteiger partial charge in [-0.3, -0.25) is 0 Å². The van der Waals surface area contributed by atoms with Crippen molar-refractivity contribution in [2.75, 3.05) is 26.4 Å². The quantitative estimate of drug-likeness (QED) is 0.881. The standard InChI is InChI=1S/C16H23BrN2O2/c1-11(2)19-4-3-12(9-19)7-18-8-13-5-14(17)16-15(6-13)20-10-21-16/h5-6,11-12,18H,3-4,7-10H2,1-2H3. The predicted octanol–water partition coefficient (Wildman–Crippen LogP) is 3.00. The molecule has 0 saturated carbocycles. The van der Waals surface area contributed by atoms with Crippen molar-refractivity contribution in [3.8, 4) is 11.5 Å². The summed E-state index contributed by atoms with van der Waals surface area (Å²) in [7, 11) is 0. The summed E-state index contributed by atoms with van der Waals surface area (Å²) in [5.74, 6) is 2.43. The van der Waals surface area contributed by atoms with Gasteiger partial charge in [0.2, 0.25) is 6.79 Å². The second-order valence-electron chi connectivity index (χ2n) is 6.19. The van der Waals surface area contributed by atoms with Crippen LogP contribution in [0.15, 0.2) is 16.6 Å². The number of halogens is 1. The van der Waals surface area contributed by atoms with Crippen LogP contribution in [0.25, 0.3) is 0 Å². The van der Waals surface area contributed by atoms with Gasteiger partial charge in [0.05, 0.1) is 4.47 Å². The molecule has 116 valence electrons. The largest absolute Gasteiger partial charge is 0.454 e. The van der Waals surface area contributed by atoms with Gasteiger partial charge in [-0.05, 0) is 72.9 Å². The maximum absolute atomic E-state index is 5.45. The maximum Gasteiger partial charge on any atom is 0.231 e. The molecule has 1 N–H and O–H groups in total. The molecule has 0 radical (unpaired) electrons. The van der Waals surface area contributed by atoms with Gasteiger partial charge in [-0.2, -0.15) is 0 Å². The van der Waals surface area contributed by atoms with Crippen LogP contribution in [0, 0.1) is 5.92 Å². The number of likely N-dealkylation sites (tertiary alicyclic amines) is 1. The average molecular weight is 355 g/mol. The molecule has 1 aromatic carbocycles. The van der Waals surface area contributed by atoms with Gasteiger partial charge in [0.1, 0.15) is 0 Å². The minimum Gasteiger partial charge on any atom is -0.454 e. The first kappa shape index (κ1) is 15.1. The number of hydrogen-bond acceptors (Lipinski definition) is 4. The molecule has 1 unspecified atom stereocenters. The fourth-order valence-electron chi connectivity index (χ4n) is 3.04. The summed E-state index contributed by atoms with van der Waals surface area (Å²) in [5, 5.41) is 3.58. The molecule has 0 bridgehead atoms. The third-order valence-electron chi connectivity index (χ3n) is 4.30. The van der Waals surface area contributed by atoms with E-state index < -0.39 is 0 Å². The van der Waals surface area contributed by atoms with Crippen LogP contribution in [-0.2, 0) is 6.54 Å². The molecule has 1 fully saturated rings. The highest BCUT2D eigenvalue weighted by atomic mass is 79.9. The minimum atomic E-state index is 0.317. The van der Waals surface area contributed by atoms with E-state index in [1.165, 1.54) is 25.1 Å². The van der Waals surface area contributed by atoms with Crippen LogP contribution in [0.1, 0.15) is 25.8 Å². The second kappa shape index (κ2) is 6.55. The van der Waals surface area contributed by atoms with E-state index in [0.29, 0.717) is 12.8 Å². The number of nitrogens with zero attached hydrogens (tertiary/aromatic N) is 1. The molecular weight excluding hydrogens is 332 g/mol. The maximum atomic E-state index is 5.45. The lowest BCUT2D eigenvalue weighted by Gasteiger charge is -2.20. The van der Waals surface area contributed by atoms with Crippen molar-refractivity contribution in [3.63, 3.8) is 0 Å². The third kappa shape index (κ3) is 3.52. The molecule has 0 amide bonds. The molecule has 0 aromatic heterocycles. The lowest BCUT2D eigenvalue weighted by atomic mass is 10.1. The van der Waals surface area contributed by atoms with Gasteiger partial charge in [-0.15, -0.1) is 0 Å². The summed E-state index contributed by atoms with van der Waals surface area (Å²) in [6.45, 7) is 9.27. The summed E-state index contributed by atoms with van der Waals surface area (Å²) in [6.07, 6.45) is 1.30. The molecule has 2 heterocycles. The van der Waals surface area contributed by atoms with E-state index in [1.807, 2.05) is 0 Å². The molecule has 2 aliphatic heterocycles. The summed E-state index contributed by atoms with van der Waals surface area (Å²) < 4.78 is 11.8. The van der Waals surface area contributed by atoms with Crippen molar-refractivity contribution in [2.24, 2.45) is 5.92 Å². The molecule has 4 nitrogen and oxygen atoms in total. The van der Waals surface area contributed by atoms with Gasteiger partial charge in [0.25, 0.3) is 0 Å². The molecule has 2 aliphatic rings. The lowest BCUT2D eigenvalue weighted by molar-refractivity contribution is 0.173. The molecule has 5 heteroatoms. The summed E-state index contributed by atoms with van der Waals surface area (Å²) >= 11 is 3.54. The van der Waals surface area contributed by atoms with E-state index in [1.54, 1.807) is 0 Å². The average Bonchev–Trinajstić information content (AvgIpc) is 3.07. The molecule has 21 heavy (non-hydrogen) atoms. The Morgan fingerprint density at radius 3 is 3.00 bits per heavy atom. The third-order valence-corrected chi connectivity index (χ3v) is 4.89. The molecule has 0 spiro atoms. The second-order valence-corrected chi connectivity index (χ2v) is 7.04. The summed E-state index contributed by atoms with van der Waals surface area (Å²) in [4.78, 5) is 2.56. The number of hydrogen-bond donors (Lipinski definition) is 1. The smallest absolute Gasteiger partial charge is 0.231 e. The number of nitrogens with one attached hydrogen (secondary N) is 1. The minimum absolute atomic E-state index is 0.317. The Kier molecular flexibility index (Phi) is 4.72. The van der Waals surface area contributed by atoms with Crippen LogP contribution < -0.4 is 14.8 Å². The molecule has 1 aromatic rings. The van der Waals surface area contributed by atoms with Crippen molar-refractivity contribution < 1.29 is 9.47 Å². The topological polar surface area (TPSA) is 33.7 Å². The highest BCUT2D eigenvalue weighted by molar-refractivity contribution is 9.10. The Labute approximate surface area is 134 Å². The van der Waals surface area contributed by atoms with Crippen LogP contribution in [0.2, 0.25) is 0 Å². The van der Waals surface area contributed by atoms with Crippen LogP contribution >= 0.6 is 15.9 Å². The zero-order valence-electron chi connectivity index (χ0n) is 12.7. The van der Waals surface area contributed by atoms with Gasteiger partial charge >= 0.3 is 0 Å². The van der Waals surface area contributed by atoms with Crippen molar-refractivity contribution in [2.45, 2.75) is 32.9 Å².